The Morgan fingerprint density at radius 2 is 1.90 bits per heavy atom. The zero-order chi connectivity index (χ0) is 20.6. The van der Waals surface area contributed by atoms with E-state index in [1.807, 2.05) is 30.3 Å². The van der Waals surface area contributed by atoms with Crippen LogP contribution in [0.2, 0.25) is 0 Å². The Balaban J connectivity index is 1.42. The number of benzene rings is 2. The van der Waals surface area contributed by atoms with Crippen molar-refractivity contribution < 1.29 is 19.4 Å². The molecule has 0 aromatic heterocycles. The number of carbonyl (C=O) groups excluding carboxylic acids is 1. The highest BCUT2D eigenvalue weighted by atomic mass is 19.1. The molecule has 0 radical (unpaired) electrons. The van der Waals surface area contributed by atoms with E-state index in [9.17, 15) is 19.4 Å². The van der Waals surface area contributed by atoms with Gasteiger partial charge in [0.05, 0.1) is 12.6 Å². The molecule has 1 spiro atoms. The molecular formula is C23H27FN2O3. The lowest BCUT2D eigenvalue weighted by Crippen LogP contribution is -2.38. The number of likely N-dealkylation sites (N-methyl/N-ethyl adjacent to an activating group) is 1. The fourth-order valence-corrected chi connectivity index (χ4v) is 5.06. The maximum atomic E-state index is 13.9. The molecule has 4 atom stereocenters. The molecule has 2 aromatic carbocycles. The van der Waals surface area contributed by atoms with Crippen LogP contribution >= 0.6 is 0 Å². The topological polar surface area (TPSA) is 64.0 Å². The van der Waals surface area contributed by atoms with E-state index in [2.05, 4.69) is 0 Å². The summed E-state index contributed by atoms with van der Waals surface area (Å²) in [6, 6.07) is 16.4. The second kappa shape index (κ2) is 7.86. The van der Waals surface area contributed by atoms with E-state index in [1.54, 1.807) is 35.0 Å². The van der Waals surface area contributed by atoms with Gasteiger partial charge in [-0.3, -0.25) is 9.69 Å². The van der Waals surface area contributed by atoms with Crippen molar-refractivity contribution in [3.63, 3.8) is 0 Å². The van der Waals surface area contributed by atoms with Crippen molar-refractivity contribution in [2.75, 3.05) is 33.3 Å². The van der Waals surface area contributed by atoms with E-state index in [0.717, 1.165) is 5.56 Å². The van der Waals surface area contributed by atoms with Crippen LogP contribution in [0.5, 0.6) is 0 Å². The molecule has 2 aliphatic rings. The molecule has 1 aliphatic carbocycles. The van der Waals surface area contributed by atoms with Gasteiger partial charge in [0.15, 0.2) is 0 Å². The second-order valence-electron chi connectivity index (χ2n) is 8.34. The Hall–Kier alpha value is -2.28. The minimum Gasteiger partial charge on any atom is -0.396 e. The molecule has 2 aromatic rings. The summed E-state index contributed by atoms with van der Waals surface area (Å²) < 4.78 is 13.9. The monoisotopic (exact) mass is 398 g/mol. The van der Waals surface area contributed by atoms with Crippen molar-refractivity contribution in [2.45, 2.75) is 18.6 Å². The van der Waals surface area contributed by atoms with Crippen LogP contribution in [0.15, 0.2) is 54.6 Å². The van der Waals surface area contributed by atoms with E-state index >= 15 is 0 Å². The first-order valence-corrected chi connectivity index (χ1v) is 10.0. The number of likely N-dealkylation sites (tertiary alicyclic amines) is 1. The van der Waals surface area contributed by atoms with Crippen LogP contribution in [0.3, 0.4) is 0 Å². The number of aliphatic hydroxyl groups is 2. The van der Waals surface area contributed by atoms with Crippen molar-refractivity contribution in [2.24, 2.45) is 11.3 Å². The lowest BCUT2D eigenvalue weighted by Gasteiger charge is -2.22. The predicted octanol–water partition coefficient (Wildman–Crippen LogP) is 1.85. The van der Waals surface area contributed by atoms with E-state index in [1.165, 1.54) is 6.07 Å². The second-order valence-corrected chi connectivity index (χ2v) is 8.34. The highest BCUT2D eigenvalue weighted by Gasteiger charge is 2.71. The summed E-state index contributed by atoms with van der Waals surface area (Å²) in [6.07, 6.45) is -0.661. The van der Waals surface area contributed by atoms with Crippen LogP contribution < -0.4 is 0 Å². The first-order valence-electron chi connectivity index (χ1n) is 10.0. The highest BCUT2D eigenvalue weighted by molar-refractivity contribution is 5.79. The number of aliphatic hydroxyl groups excluding tert-OH is 2. The number of hydrogen-bond donors (Lipinski definition) is 2. The van der Waals surface area contributed by atoms with Gasteiger partial charge in [-0.05, 0) is 30.5 Å². The number of carbonyl (C=O) groups is 1. The van der Waals surface area contributed by atoms with Gasteiger partial charge in [-0.15, -0.1) is 0 Å². The Morgan fingerprint density at radius 3 is 2.59 bits per heavy atom. The third-order valence-electron chi connectivity index (χ3n) is 6.55. The molecule has 2 N–H and O–H groups in total. The predicted molar refractivity (Wildman–Crippen MR) is 108 cm³/mol. The Labute approximate surface area is 170 Å². The Bertz CT molecular complexity index is 877. The number of nitrogens with zero attached hydrogens (tertiary/aromatic N) is 2. The van der Waals surface area contributed by atoms with Crippen molar-refractivity contribution in [3.05, 3.63) is 71.5 Å². The van der Waals surface area contributed by atoms with Gasteiger partial charge in [0.25, 0.3) is 0 Å². The van der Waals surface area contributed by atoms with E-state index in [-0.39, 0.29) is 43.3 Å². The van der Waals surface area contributed by atoms with E-state index in [0.29, 0.717) is 18.7 Å². The molecule has 0 bridgehead atoms. The van der Waals surface area contributed by atoms with Gasteiger partial charge < -0.3 is 15.1 Å². The van der Waals surface area contributed by atoms with Crippen molar-refractivity contribution in [1.82, 2.24) is 9.80 Å². The minimum absolute atomic E-state index is 0.00810. The average molecular weight is 398 g/mol. The molecule has 1 saturated carbocycles. The molecule has 6 heteroatoms. The zero-order valence-corrected chi connectivity index (χ0v) is 16.5. The van der Waals surface area contributed by atoms with Gasteiger partial charge in [-0.1, -0.05) is 48.5 Å². The van der Waals surface area contributed by atoms with Crippen molar-refractivity contribution in [1.29, 1.82) is 0 Å². The molecule has 1 saturated heterocycles. The normalized spacial score (nSPS) is 28.3. The van der Waals surface area contributed by atoms with E-state index in [4.69, 9.17) is 0 Å². The molecule has 154 valence electrons. The summed E-state index contributed by atoms with van der Waals surface area (Å²) in [7, 11) is 1.78. The first kappa shape index (κ1) is 20.0. The largest absolute Gasteiger partial charge is 0.396 e. The summed E-state index contributed by atoms with van der Waals surface area (Å²) in [5, 5.41) is 20.7. The summed E-state index contributed by atoms with van der Waals surface area (Å²) in [5.41, 5.74) is 1.17. The molecule has 4 rings (SSSR count). The Kier molecular flexibility index (Phi) is 5.42. The third-order valence-corrected chi connectivity index (χ3v) is 6.55. The maximum absolute atomic E-state index is 13.9. The smallest absolute Gasteiger partial charge is 0.236 e. The molecular weight excluding hydrogens is 371 g/mol. The summed E-state index contributed by atoms with van der Waals surface area (Å²) in [6.45, 7) is 1.19. The van der Waals surface area contributed by atoms with Gasteiger partial charge in [0.2, 0.25) is 5.91 Å². The lowest BCUT2D eigenvalue weighted by atomic mass is 9.95. The summed E-state index contributed by atoms with van der Waals surface area (Å²) >= 11 is 0. The molecule has 1 heterocycles. The van der Waals surface area contributed by atoms with Crippen molar-refractivity contribution >= 4 is 5.91 Å². The number of amides is 1. The highest BCUT2D eigenvalue weighted by Crippen LogP contribution is 2.68. The van der Waals surface area contributed by atoms with Crippen LogP contribution in [-0.2, 0) is 11.3 Å². The fraction of sp³-hybridized carbons (Fsp3) is 0.435. The molecule has 2 fully saturated rings. The number of halogens is 1. The maximum Gasteiger partial charge on any atom is 0.236 e. The minimum atomic E-state index is -0.661. The van der Waals surface area contributed by atoms with Crippen LogP contribution in [0.25, 0.3) is 0 Å². The zero-order valence-electron chi connectivity index (χ0n) is 16.5. The first-order chi connectivity index (χ1) is 14.0. The van der Waals surface area contributed by atoms with Gasteiger partial charge >= 0.3 is 0 Å². The number of β-amino-alcohol motifs (C(OH)–C–C–N with tert-alkyl or cyclic N) is 1. The Morgan fingerprint density at radius 1 is 1.21 bits per heavy atom. The van der Waals surface area contributed by atoms with Crippen LogP contribution in [0.1, 0.15) is 17.0 Å². The van der Waals surface area contributed by atoms with Gasteiger partial charge in [-0.2, -0.15) is 0 Å². The molecule has 1 aliphatic heterocycles. The molecule has 0 unspecified atom stereocenters. The molecule has 1 amide bonds. The van der Waals surface area contributed by atoms with Crippen LogP contribution in [0.4, 0.5) is 4.39 Å². The molecule has 29 heavy (non-hydrogen) atoms. The summed E-state index contributed by atoms with van der Waals surface area (Å²) in [4.78, 5) is 16.3. The van der Waals surface area contributed by atoms with Crippen LogP contribution in [0, 0.1) is 17.2 Å². The third kappa shape index (κ3) is 3.56. The fourth-order valence-electron chi connectivity index (χ4n) is 5.06. The van der Waals surface area contributed by atoms with E-state index < -0.39 is 11.5 Å². The molecule has 5 nitrogen and oxygen atoms in total. The van der Waals surface area contributed by atoms with Gasteiger partial charge in [0, 0.05) is 37.2 Å². The van der Waals surface area contributed by atoms with Crippen molar-refractivity contribution in [3.8, 4) is 0 Å². The SMILES string of the molecule is CN(CC(=O)N1C[C@@H](O)[C@@]2(C1)[C@H](CO)[C@H]2c1ccccc1)Cc1ccccc1F. The lowest BCUT2D eigenvalue weighted by molar-refractivity contribution is -0.131. The average Bonchev–Trinajstić information content (AvgIpc) is 3.25. The number of hydrogen-bond acceptors (Lipinski definition) is 4. The number of rotatable bonds is 6. The van der Waals surface area contributed by atoms with Gasteiger partial charge in [-0.25, -0.2) is 4.39 Å². The van der Waals surface area contributed by atoms with Crippen LogP contribution in [-0.4, -0.2) is 65.3 Å². The van der Waals surface area contributed by atoms with Gasteiger partial charge in [0.1, 0.15) is 5.82 Å². The summed E-state index contributed by atoms with van der Waals surface area (Å²) in [5.74, 6) is -0.363. The standard InChI is InChI=1S/C23H27FN2O3/c1-25(11-17-9-5-6-10-19(17)24)13-21(29)26-12-20(28)23(15-26)18(14-27)22(23)16-7-3-2-4-8-16/h2-10,18,20,22,27-28H,11-15H2,1H3/t18-,20-,22-,23-/m1/s1. The quantitative estimate of drug-likeness (QED) is 0.780.